The fourth-order valence-corrected chi connectivity index (χ4v) is 2.79. The van der Waals surface area contributed by atoms with Gasteiger partial charge < -0.3 is 15.0 Å². The van der Waals surface area contributed by atoms with E-state index >= 15 is 0 Å². The lowest BCUT2D eigenvalue weighted by molar-refractivity contribution is 0.199. The minimum Gasteiger partial charge on any atom is -0.383 e. The van der Waals surface area contributed by atoms with Crippen molar-refractivity contribution >= 4 is 16.5 Å². The van der Waals surface area contributed by atoms with Crippen molar-refractivity contribution in [2.75, 3.05) is 38.8 Å². The lowest BCUT2D eigenvalue weighted by atomic mass is 10.1. The third-order valence-electron chi connectivity index (χ3n) is 3.26. The zero-order chi connectivity index (χ0) is 14.3. The number of aromatic nitrogens is 1. The van der Waals surface area contributed by atoms with Gasteiger partial charge in [-0.1, -0.05) is 20.3 Å². The van der Waals surface area contributed by atoms with Crippen LogP contribution in [0.25, 0.3) is 0 Å². The molecule has 1 aromatic heterocycles. The molecular weight excluding hydrogens is 258 g/mol. The topological polar surface area (TPSA) is 37.4 Å². The van der Waals surface area contributed by atoms with E-state index < -0.39 is 0 Å². The molecule has 0 bridgehead atoms. The van der Waals surface area contributed by atoms with E-state index in [9.17, 15) is 0 Å². The van der Waals surface area contributed by atoms with E-state index in [0.29, 0.717) is 5.92 Å². The number of hydrogen-bond acceptors (Lipinski definition) is 5. The second-order valence-corrected chi connectivity index (χ2v) is 6.13. The summed E-state index contributed by atoms with van der Waals surface area (Å²) >= 11 is 1.79. The standard InChI is InChI=1S/C14H27N3OS/c1-6-11(2)10-17(4)14-16-12(3)13(19-14)9-15-7-8-18-5/h11,15H,6-10H2,1-5H3. The van der Waals surface area contributed by atoms with Crippen LogP contribution in [0.15, 0.2) is 0 Å². The summed E-state index contributed by atoms with van der Waals surface area (Å²) in [6.45, 7) is 10.2. The van der Waals surface area contributed by atoms with Gasteiger partial charge in [-0.3, -0.25) is 0 Å². The first-order valence-electron chi connectivity index (χ1n) is 6.95. The summed E-state index contributed by atoms with van der Waals surface area (Å²) in [5, 5.41) is 4.50. The number of methoxy groups -OCH3 is 1. The maximum absolute atomic E-state index is 5.03. The molecule has 0 radical (unpaired) electrons. The monoisotopic (exact) mass is 285 g/mol. The molecule has 19 heavy (non-hydrogen) atoms. The largest absolute Gasteiger partial charge is 0.383 e. The summed E-state index contributed by atoms with van der Waals surface area (Å²) < 4.78 is 5.03. The van der Waals surface area contributed by atoms with E-state index in [1.165, 1.54) is 11.3 Å². The van der Waals surface area contributed by atoms with Crippen molar-refractivity contribution < 1.29 is 4.74 Å². The van der Waals surface area contributed by atoms with E-state index in [-0.39, 0.29) is 0 Å². The molecule has 5 heteroatoms. The van der Waals surface area contributed by atoms with Crippen molar-refractivity contribution in [2.45, 2.75) is 33.7 Å². The van der Waals surface area contributed by atoms with Crippen LogP contribution in [-0.2, 0) is 11.3 Å². The van der Waals surface area contributed by atoms with Crippen LogP contribution in [0.2, 0.25) is 0 Å². The highest BCUT2D eigenvalue weighted by atomic mass is 32.1. The predicted octanol–water partition coefficient (Wildman–Crippen LogP) is 2.67. The number of rotatable bonds is 9. The zero-order valence-corrected chi connectivity index (χ0v) is 13.6. The molecule has 0 fully saturated rings. The van der Waals surface area contributed by atoms with Gasteiger partial charge in [-0.2, -0.15) is 0 Å². The Balaban J connectivity index is 2.52. The Hall–Kier alpha value is -0.650. The van der Waals surface area contributed by atoms with Gasteiger partial charge in [0.15, 0.2) is 5.13 Å². The van der Waals surface area contributed by atoms with Gasteiger partial charge in [0.25, 0.3) is 0 Å². The molecule has 1 aromatic rings. The lowest BCUT2D eigenvalue weighted by Gasteiger charge is -2.19. The van der Waals surface area contributed by atoms with E-state index in [0.717, 1.165) is 37.1 Å². The molecular formula is C14H27N3OS. The SMILES string of the molecule is CCC(C)CN(C)c1nc(C)c(CNCCOC)s1. The number of ether oxygens (including phenoxy) is 1. The predicted molar refractivity (Wildman–Crippen MR) is 83.2 cm³/mol. The maximum atomic E-state index is 5.03. The van der Waals surface area contributed by atoms with Crippen LogP contribution in [0.3, 0.4) is 0 Å². The fraction of sp³-hybridized carbons (Fsp3) is 0.786. The van der Waals surface area contributed by atoms with Gasteiger partial charge in [0, 0.05) is 38.7 Å². The number of thiazole rings is 1. The first-order valence-corrected chi connectivity index (χ1v) is 7.77. The molecule has 0 aliphatic carbocycles. The van der Waals surface area contributed by atoms with Crippen molar-refractivity contribution in [3.63, 3.8) is 0 Å². The molecule has 0 amide bonds. The van der Waals surface area contributed by atoms with Gasteiger partial charge in [-0.25, -0.2) is 4.98 Å². The van der Waals surface area contributed by atoms with Crippen molar-refractivity contribution in [1.82, 2.24) is 10.3 Å². The minimum atomic E-state index is 0.706. The average molecular weight is 285 g/mol. The first-order chi connectivity index (χ1) is 9.08. The van der Waals surface area contributed by atoms with Gasteiger partial charge >= 0.3 is 0 Å². The van der Waals surface area contributed by atoms with Crippen molar-refractivity contribution in [1.29, 1.82) is 0 Å². The molecule has 4 nitrogen and oxygen atoms in total. The molecule has 0 saturated heterocycles. The van der Waals surface area contributed by atoms with Crippen LogP contribution < -0.4 is 10.2 Å². The Morgan fingerprint density at radius 2 is 2.21 bits per heavy atom. The van der Waals surface area contributed by atoms with Crippen LogP contribution in [0, 0.1) is 12.8 Å². The molecule has 0 aliphatic rings. The first kappa shape index (κ1) is 16.4. The number of anilines is 1. The third-order valence-corrected chi connectivity index (χ3v) is 4.53. The molecule has 110 valence electrons. The van der Waals surface area contributed by atoms with E-state index in [4.69, 9.17) is 4.74 Å². The molecule has 0 saturated carbocycles. The number of nitrogens with zero attached hydrogens (tertiary/aromatic N) is 2. The van der Waals surface area contributed by atoms with Crippen LogP contribution in [0.5, 0.6) is 0 Å². The normalized spacial score (nSPS) is 12.7. The molecule has 1 N–H and O–H groups in total. The Morgan fingerprint density at radius 1 is 1.47 bits per heavy atom. The lowest BCUT2D eigenvalue weighted by Crippen LogP contribution is -2.23. The van der Waals surface area contributed by atoms with Crippen LogP contribution in [0.1, 0.15) is 30.8 Å². The Bertz CT molecular complexity index is 368. The van der Waals surface area contributed by atoms with Gasteiger partial charge in [0.05, 0.1) is 12.3 Å². The quantitative estimate of drug-likeness (QED) is 0.708. The maximum Gasteiger partial charge on any atom is 0.185 e. The fourth-order valence-electron chi connectivity index (χ4n) is 1.79. The molecule has 0 aromatic carbocycles. The second-order valence-electron chi connectivity index (χ2n) is 5.07. The summed E-state index contributed by atoms with van der Waals surface area (Å²) in [4.78, 5) is 8.26. The Labute approximate surface area is 121 Å². The van der Waals surface area contributed by atoms with Crippen LogP contribution >= 0.6 is 11.3 Å². The summed E-state index contributed by atoms with van der Waals surface area (Å²) in [5.74, 6) is 0.706. The second kappa shape index (κ2) is 8.51. The van der Waals surface area contributed by atoms with Crippen molar-refractivity contribution in [3.05, 3.63) is 10.6 Å². The molecule has 1 atom stereocenters. The highest BCUT2D eigenvalue weighted by molar-refractivity contribution is 7.15. The third kappa shape index (κ3) is 5.47. The minimum absolute atomic E-state index is 0.706. The summed E-state index contributed by atoms with van der Waals surface area (Å²) in [7, 11) is 3.86. The molecule has 1 unspecified atom stereocenters. The summed E-state index contributed by atoms with van der Waals surface area (Å²) in [6, 6.07) is 0. The summed E-state index contributed by atoms with van der Waals surface area (Å²) in [5.41, 5.74) is 1.14. The molecule has 1 rings (SSSR count). The summed E-state index contributed by atoms with van der Waals surface area (Å²) in [6.07, 6.45) is 1.21. The number of aryl methyl sites for hydroxylation is 1. The highest BCUT2D eigenvalue weighted by Crippen LogP contribution is 2.25. The Morgan fingerprint density at radius 3 is 2.84 bits per heavy atom. The zero-order valence-electron chi connectivity index (χ0n) is 12.8. The van der Waals surface area contributed by atoms with Gasteiger partial charge in [0.1, 0.15) is 0 Å². The van der Waals surface area contributed by atoms with Gasteiger partial charge in [-0.15, -0.1) is 11.3 Å². The molecule has 0 spiro atoms. The smallest absolute Gasteiger partial charge is 0.185 e. The van der Waals surface area contributed by atoms with Crippen molar-refractivity contribution in [2.24, 2.45) is 5.92 Å². The van der Waals surface area contributed by atoms with Gasteiger partial charge in [0.2, 0.25) is 0 Å². The van der Waals surface area contributed by atoms with Crippen LogP contribution in [-0.4, -0.2) is 38.8 Å². The van der Waals surface area contributed by atoms with E-state index in [1.54, 1.807) is 18.4 Å². The van der Waals surface area contributed by atoms with Crippen LogP contribution in [0.4, 0.5) is 5.13 Å². The van der Waals surface area contributed by atoms with E-state index in [1.807, 2.05) is 0 Å². The Kier molecular flexibility index (Phi) is 7.34. The average Bonchev–Trinajstić information content (AvgIpc) is 2.76. The number of nitrogens with one attached hydrogen (secondary N) is 1. The molecule has 1 heterocycles. The van der Waals surface area contributed by atoms with E-state index in [2.05, 4.69) is 43.0 Å². The molecule has 0 aliphatic heterocycles. The number of hydrogen-bond donors (Lipinski definition) is 1. The van der Waals surface area contributed by atoms with Gasteiger partial charge in [-0.05, 0) is 12.8 Å². The highest BCUT2D eigenvalue weighted by Gasteiger charge is 2.12. The van der Waals surface area contributed by atoms with Crippen molar-refractivity contribution in [3.8, 4) is 0 Å².